The normalized spacial score (nSPS) is 22.2. The van der Waals surface area contributed by atoms with Gasteiger partial charge in [-0.25, -0.2) is 10.1 Å². The Balaban J connectivity index is 1.63. The number of nitriles is 1. The van der Waals surface area contributed by atoms with Crippen LogP contribution >= 0.6 is 0 Å². The molecule has 2 aromatic rings. The minimum Gasteiger partial charge on any atom is -0.507 e. The van der Waals surface area contributed by atoms with Crippen molar-refractivity contribution in [3.63, 3.8) is 0 Å². The van der Waals surface area contributed by atoms with Crippen molar-refractivity contribution >= 4 is 27.2 Å². The highest BCUT2D eigenvalue weighted by molar-refractivity contribution is 7.85. The molecule has 3 aliphatic rings. The Hall–Kier alpha value is -4.44. The van der Waals surface area contributed by atoms with Crippen LogP contribution in [0, 0.1) is 17.9 Å². The van der Waals surface area contributed by atoms with Gasteiger partial charge < -0.3 is 10.0 Å². The molecule has 0 atom stereocenters. The highest BCUT2D eigenvalue weighted by Gasteiger charge is 2.42. The molecule has 0 fully saturated rings. The molecular weight excluding hydrogens is 512 g/mol. The van der Waals surface area contributed by atoms with E-state index in [1.54, 1.807) is 6.08 Å². The minimum atomic E-state index is -4.40. The number of hydrogen-bond donors (Lipinski definition) is 2. The van der Waals surface area contributed by atoms with Gasteiger partial charge in [-0.3, -0.25) is 9.55 Å². The van der Waals surface area contributed by atoms with Crippen LogP contribution in [0.3, 0.4) is 0 Å². The summed E-state index contributed by atoms with van der Waals surface area (Å²) >= 11 is 0. The van der Waals surface area contributed by atoms with E-state index in [1.807, 2.05) is 56.1 Å². The second kappa shape index (κ2) is 8.54. The number of anilines is 1. The number of aliphatic hydroxyl groups excluding tert-OH is 1. The van der Waals surface area contributed by atoms with Crippen molar-refractivity contribution in [2.75, 3.05) is 11.9 Å². The summed E-state index contributed by atoms with van der Waals surface area (Å²) in [5.74, 6) is -0.0536. The van der Waals surface area contributed by atoms with Crippen LogP contribution in [0.4, 0.5) is 11.4 Å². The predicted molar refractivity (Wildman–Crippen MR) is 149 cm³/mol. The molecule has 0 unspecified atom stereocenters. The lowest BCUT2D eigenvalue weighted by atomic mass is 9.75. The average Bonchev–Trinajstić information content (AvgIpc) is 3.25. The Morgan fingerprint density at radius 1 is 1.10 bits per heavy atom. The van der Waals surface area contributed by atoms with E-state index in [-0.39, 0.29) is 21.8 Å². The fourth-order valence-corrected chi connectivity index (χ4v) is 6.07. The third kappa shape index (κ3) is 3.82. The molecule has 5 rings (SSSR count). The zero-order chi connectivity index (χ0) is 28.5. The van der Waals surface area contributed by atoms with Gasteiger partial charge in [-0.1, -0.05) is 45.9 Å². The molecule has 0 radical (unpaired) electrons. The summed E-state index contributed by atoms with van der Waals surface area (Å²) in [6, 6.07) is 14.2. The van der Waals surface area contributed by atoms with Crippen molar-refractivity contribution in [2.24, 2.45) is 4.99 Å². The molecule has 0 amide bonds. The van der Waals surface area contributed by atoms with Crippen molar-refractivity contribution in [3.05, 3.63) is 111 Å². The topological polar surface area (TPSA) is 118 Å². The van der Waals surface area contributed by atoms with Gasteiger partial charge >= 0.3 is 0 Å². The smallest absolute Gasteiger partial charge is 0.294 e. The molecule has 2 aliphatic heterocycles. The quantitative estimate of drug-likeness (QED) is 0.279. The van der Waals surface area contributed by atoms with Crippen LogP contribution in [-0.2, 0) is 20.9 Å². The first kappa shape index (κ1) is 26.2. The number of aliphatic imine (C=N–C) groups is 1. The zero-order valence-electron chi connectivity index (χ0n) is 22.1. The SMILES string of the molecule is [C-]#[N+]/C(C#N)=C1C(C=C2N(C)c3ccccc3C2(C)C)=C(O)C\1=C/C1=Nc2ccc(S(=O)(=O)O)cc2C1(C)C. The molecule has 196 valence electrons. The summed E-state index contributed by atoms with van der Waals surface area (Å²) in [7, 11) is -2.45. The van der Waals surface area contributed by atoms with Gasteiger partial charge in [0.25, 0.3) is 15.8 Å². The Labute approximate surface area is 227 Å². The van der Waals surface area contributed by atoms with Crippen molar-refractivity contribution in [1.29, 1.82) is 5.26 Å². The molecule has 1 aliphatic carbocycles. The fourth-order valence-electron chi connectivity index (χ4n) is 5.56. The van der Waals surface area contributed by atoms with Gasteiger partial charge in [0.2, 0.25) is 0 Å². The monoisotopic (exact) mass is 538 g/mol. The number of hydrogen-bond acceptors (Lipinski definition) is 6. The zero-order valence-corrected chi connectivity index (χ0v) is 22.9. The number of aliphatic hydroxyl groups is 1. The molecule has 0 saturated carbocycles. The number of nitrogens with zero attached hydrogens (tertiary/aromatic N) is 4. The predicted octanol–water partition coefficient (Wildman–Crippen LogP) is 6.06. The first-order chi connectivity index (χ1) is 18.2. The number of likely N-dealkylation sites (N-methyl/N-ethyl adjacent to an activating group) is 1. The van der Waals surface area contributed by atoms with E-state index in [0.29, 0.717) is 33.7 Å². The standard InChI is InChI=1S/C30H26N4O4S/c1-29(2)21-13-17(39(36,37)38)11-12-22(21)33-25(29)14-18-27(23(16-31)32-5)19(28(18)35)15-26-30(3,4)20-9-7-8-10-24(20)34(26)6/h7-15,35H,1-4,6H3,(H,36,37,38)/b18-14-,26-15?,27-23-. The van der Waals surface area contributed by atoms with Crippen LogP contribution in [0.15, 0.2) is 98.4 Å². The van der Waals surface area contributed by atoms with Crippen molar-refractivity contribution in [1.82, 2.24) is 0 Å². The van der Waals surface area contributed by atoms with Crippen LogP contribution in [-0.4, -0.2) is 30.8 Å². The molecule has 2 N–H and O–H groups in total. The van der Waals surface area contributed by atoms with Crippen LogP contribution in [0.5, 0.6) is 0 Å². The molecule has 2 heterocycles. The highest BCUT2D eigenvalue weighted by Crippen LogP contribution is 2.50. The number of para-hydroxylation sites is 1. The van der Waals surface area contributed by atoms with E-state index in [9.17, 15) is 23.3 Å². The molecule has 2 aromatic carbocycles. The Morgan fingerprint density at radius 2 is 1.79 bits per heavy atom. The number of fused-ring (bicyclic) bond motifs is 2. The molecule has 0 aromatic heterocycles. The fraction of sp³-hybridized carbons (Fsp3) is 0.233. The van der Waals surface area contributed by atoms with E-state index in [4.69, 9.17) is 6.57 Å². The summed E-state index contributed by atoms with van der Waals surface area (Å²) in [5, 5.41) is 21.0. The average molecular weight is 539 g/mol. The van der Waals surface area contributed by atoms with Crippen molar-refractivity contribution in [3.8, 4) is 6.07 Å². The maximum Gasteiger partial charge on any atom is 0.294 e. The van der Waals surface area contributed by atoms with Gasteiger partial charge in [0.05, 0.1) is 28.9 Å². The second-order valence-electron chi connectivity index (χ2n) is 10.8. The third-order valence-electron chi connectivity index (χ3n) is 7.83. The summed E-state index contributed by atoms with van der Waals surface area (Å²) in [5.41, 5.74) is 4.50. The maximum absolute atomic E-state index is 11.7. The Morgan fingerprint density at radius 3 is 2.41 bits per heavy atom. The summed E-state index contributed by atoms with van der Waals surface area (Å²) in [6.45, 7) is 15.5. The largest absolute Gasteiger partial charge is 0.507 e. The van der Waals surface area contributed by atoms with E-state index in [1.165, 1.54) is 18.2 Å². The van der Waals surface area contributed by atoms with Gasteiger partial charge in [-0.15, -0.1) is 0 Å². The van der Waals surface area contributed by atoms with Gasteiger partial charge in [0.1, 0.15) is 5.76 Å². The van der Waals surface area contributed by atoms with E-state index in [0.717, 1.165) is 16.9 Å². The van der Waals surface area contributed by atoms with E-state index < -0.39 is 15.5 Å². The van der Waals surface area contributed by atoms with Crippen LogP contribution in [0.25, 0.3) is 4.85 Å². The Bertz CT molecular complexity index is 1810. The first-order valence-electron chi connectivity index (χ1n) is 12.2. The number of benzene rings is 2. The Kier molecular flexibility index (Phi) is 5.73. The van der Waals surface area contributed by atoms with Gasteiger partial charge in [0, 0.05) is 46.0 Å². The maximum atomic E-state index is 11.7. The van der Waals surface area contributed by atoms with Crippen LogP contribution < -0.4 is 4.90 Å². The van der Waals surface area contributed by atoms with Crippen molar-refractivity contribution in [2.45, 2.75) is 43.4 Å². The van der Waals surface area contributed by atoms with Crippen LogP contribution in [0.2, 0.25) is 0 Å². The van der Waals surface area contributed by atoms with E-state index >= 15 is 0 Å². The summed E-state index contributed by atoms with van der Waals surface area (Å²) in [6.07, 6.45) is 3.47. The van der Waals surface area contributed by atoms with Crippen molar-refractivity contribution < 1.29 is 18.1 Å². The van der Waals surface area contributed by atoms with Crippen LogP contribution in [0.1, 0.15) is 38.8 Å². The highest BCUT2D eigenvalue weighted by atomic mass is 32.2. The minimum absolute atomic E-state index is 0.0536. The lowest BCUT2D eigenvalue weighted by molar-refractivity contribution is 0.410. The molecule has 8 nitrogen and oxygen atoms in total. The number of rotatable bonds is 3. The second-order valence-corrected chi connectivity index (χ2v) is 12.2. The van der Waals surface area contributed by atoms with Gasteiger partial charge in [-0.05, 0) is 47.5 Å². The first-order valence-corrected chi connectivity index (χ1v) is 13.6. The summed E-state index contributed by atoms with van der Waals surface area (Å²) in [4.78, 5) is 9.89. The number of allylic oxidation sites excluding steroid dienone is 6. The van der Waals surface area contributed by atoms with E-state index in [2.05, 4.69) is 29.8 Å². The lowest BCUT2D eigenvalue weighted by Gasteiger charge is -2.30. The lowest BCUT2D eigenvalue weighted by Crippen LogP contribution is -2.27. The molecule has 0 spiro atoms. The summed E-state index contributed by atoms with van der Waals surface area (Å²) < 4.78 is 32.9. The van der Waals surface area contributed by atoms with Gasteiger partial charge in [0.15, 0.2) is 0 Å². The molecule has 0 bridgehead atoms. The molecular formula is C30H26N4O4S. The molecule has 9 heteroatoms. The molecule has 0 saturated heterocycles. The third-order valence-corrected chi connectivity index (χ3v) is 8.68. The van der Waals surface area contributed by atoms with Gasteiger partial charge in [-0.2, -0.15) is 8.42 Å². The molecule has 39 heavy (non-hydrogen) atoms.